The highest BCUT2D eigenvalue weighted by Gasteiger charge is 2.08. The number of thiazole rings is 1. The fourth-order valence-corrected chi connectivity index (χ4v) is 2.73. The Bertz CT molecular complexity index is 793. The molecule has 3 aromatic rings. The molecule has 1 aromatic heterocycles. The van der Waals surface area contributed by atoms with Gasteiger partial charge in [-0.25, -0.2) is 9.37 Å². The molecular weight excluding hydrogens is 327 g/mol. The Morgan fingerprint density at radius 1 is 1.17 bits per heavy atom. The number of rotatable bonds is 7. The first-order valence-corrected chi connectivity index (χ1v) is 8.30. The van der Waals surface area contributed by atoms with E-state index in [2.05, 4.69) is 10.3 Å². The molecule has 124 valence electrons. The maximum Gasteiger partial charge on any atom is 0.182 e. The van der Waals surface area contributed by atoms with Crippen LogP contribution >= 0.6 is 11.3 Å². The lowest BCUT2D eigenvalue weighted by Gasteiger charge is -2.13. The third kappa shape index (κ3) is 4.02. The zero-order valence-corrected chi connectivity index (χ0v) is 14.0. The second-order valence-electron chi connectivity index (χ2n) is 5.06. The van der Waals surface area contributed by atoms with Crippen molar-refractivity contribution in [3.05, 3.63) is 71.0 Å². The third-order valence-corrected chi connectivity index (χ3v) is 4.18. The highest BCUT2D eigenvalue weighted by Crippen LogP contribution is 2.29. The lowest BCUT2D eigenvalue weighted by molar-refractivity contribution is 0.279. The minimum atomic E-state index is -0.277. The second-order valence-corrected chi connectivity index (χ2v) is 5.95. The largest absolute Gasteiger partial charge is 0.493 e. The van der Waals surface area contributed by atoms with Gasteiger partial charge >= 0.3 is 0 Å². The van der Waals surface area contributed by atoms with Crippen molar-refractivity contribution in [2.75, 3.05) is 12.4 Å². The summed E-state index contributed by atoms with van der Waals surface area (Å²) in [6.45, 7) is 0.789. The van der Waals surface area contributed by atoms with Crippen molar-refractivity contribution in [3.63, 3.8) is 0 Å². The van der Waals surface area contributed by atoms with Gasteiger partial charge in [-0.15, -0.1) is 11.3 Å². The van der Waals surface area contributed by atoms with Gasteiger partial charge in [-0.3, -0.25) is 0 Å². The number of nitrogens with zero attached hydrogens (tertiary/aromatic N) is 1. The summed E-state index contributed by atoms with van der Waals surface area (Å²) in [4.78, 5) is 4.18. The standard InChI is InChI=1S/C18H17FN2O2S/c1-22-17-10-13(11-21-18-20-8-9-24-18)6-7-16(17)23-12-14-4-2-3-5-15(14)19/h2-10H,11-12H2,1H3,(H,20,21). The molecule has 2 aromatic carbocycles. The minimum absolute atomic E-state index is 0.153. The Labute approximate surface area is 143 Å². The Balaban J connectivity index is 1.66. The Morgan fingerprint density at radius 3 is 2.79 bits per heavy atom. The molecule has 0 radical (unpaired) electrons. The van der Waals surface area contributed by atoms with Crippen molar-refractivity contribution >= 4 is 16.5 Å². The summed E-state index contributed by atoms with van der Waals surface area (Å²) in [6, 6.07) is 12.2. The summed E-state index contributed by atoms with van der Waals surface area (Å²) < 4.78 is 24.7. The topological polar surface area (TPSA) is 43.4 Å². The van der Waals surface area contributed by atoms with Crippen LogP contribution in [0.4, 0.5) is 9.52 Å². The Hall–Kier alpha value is -2.60. The molecule has 0 saturated heterocycles. The smallest absolute Gasteiger partial charge is 0.182 e. The number of methoxy groups -OCH3 is 1. The first-order chi connectivity index (χ1) is 11.8. The van der Waals surface area contributed by atoms with Gasteiger partial charge in [-0.2, -0.15) is 0 Å². The van der Waals surface area contributed by atoms with Gasteiger partial charge in [0.05, 0.1) is 7.11 Å². The number of hydrogen-bond acceptors (Lipinski definition) is 5. The zero-order valence-electron chi connectivity index (χ0n) is 13.2. The number of nitrogens with one attached hydrogen (secondary N) is 1. The van der Waals surface area contributed by atoms with Crippen LogP contribution in [-0.2, 0) is 13.2 Å². The SMILES string of the molecule is COc1cc(CNc2nccs2)ccc1OCc1ccccc1F. The van der Waals surface area contributed by atoms with Gasteiger partial charge in [0.2, 0.25) is 0 Å². The Kier molecular flexibility index (Phi) is 5.28. The van der Waals surface area contributed by atoms with E-state index in [4.69, 9.17) is 9.47 Å². The molecule has 1 heterocycles. The van der Waals surface area contributed by atoms with Crippen molar-refractivity contribution in [3.8, 4) is 11.5 Å². The van der Waals surface area contributed by atoms with Crippen molar-refractivity contribution in [1.29, 1.82) is 0 Å². The van der Waals surface area contributed by atoms with Crippen LogP contribution in [-0.4, -0.2) is 12.1 Å². The number of ether oxygens (including phenoxy) is 2. The average molecular weight is 344 g/mol. The molecule has 0 unspecified atom stereocenters. The van der Waals surface area contributed by atoms with Crippen molar-refractivity contribution < 1.29 is 13.9 Å². The van der Waals surface area contributed by atoms with Crippen LogP contribution in [0.15, 0.2) is 54.0 Å². The number of halogens is 1. The number of benzene rings is 2. The summed E-state index contributed by atoms with van der Waals surface area (Å²) in [7, 11) is 1.59. The lowest BCUT2D eigenvalue weighted by Crippen LogP contribution is -2.02. The van der Waals surface area contributed by atoms with Gasteiger partial charge in [0, 0.05) is 23.7 Å². The van der Waals surface area contributed by atoms with Crippen molar-refractivity contribution in [2.24, 2.45) is 0 Å². The fraction of sp³-hybridized carbons (Fsp3) is 0.167. The molecule has 3 rings (SSSR count). The predicted octanol–water partition coefficient (Wildman–Crippen LogP) is 4.48. The zero-order chi connectivity index (χ0) is 16.8. The molecule has 0 atom stereocenters. The Morgan fingerprint density at radius 2 is 2.04 bits per heavy atom. The van der Waals surface area contributed by atoms with E-state index in [9.17, 15) is 4.39 Å². The van der Waals surface area contributed by atoms with Gasteiger partial charge in [0.1, 0.15) is 12.4 Å². The normalized spacial score (nSPS) is 10.4. The monoisotopic (exact) mass is 344 g/mol. The van der Waals surface area contributed by atoms with Crippen LogP contribution in [0.25, 0.3) is 0 Å². The van der Waals surface area contributed by atoms with Gasteiger partial charge in [-0.05, 0) is 23.8 Å². The van der Waals surface area contributed by atoms with Crippen LogP contribution in [0.5, 0.6) is 11.5 Å². The average Bonchev–Trinajstić information content (AvgIpc) is 3.13. The first kappa shape index (κ1) is 16.3. The van der Waals surface area contributed by atoms with Gasteiger partial charge in [0.15, 0.2) is 16.6 Å². The lowest BCUT2D eigenvalue weighted by atomic mass is 10.2. The first-order valence-electron chi connectivity index (χ1n) is 7.43. The molecule has 0 spiro atoms. The molecule has 0 aliphatic rings. The van der Waals surface area contributed by atoms with E-state index >= 15 is 0 Å². The summed E-state index contributed by atoms with van der Waals surface area (Å²) in [5, 5.41) is 6.03. The third-order valence-electron chi connectivity index (χ3n) is 3.45. The molecule has 0 fully saturated rings. The molecule has 1 N–H and O–H groups in total. The van der Waals surface area contributed by atoms with Crippen LogP contribution in [0.2, 0.25) is 0 Å². The molecule has 0 saturated carbocycles. The molecule has 0 bridgehead atoms. The molecule has 24 heavy (non-hydrogen) atoms. The highest BCUT2D eigenvalue weighted by molar-refractivity contribution is 7.13. The maximum atomic E-state index is 13.6. The fourth-order valence-electron chi connectivity index (χ4n) is 2.20. The number of hydrogen-bond donors (Lipinski definition) is 1. The maximum absolute atomic E-state index is 13.6. The van der Waals surface area contributed by atoms with Crippen LogP contribution in [0, 0.1) is 5.82 Å². The van der Waals surface area contributed by atoms with Crippen molar-refractivity contribution in [1.82, 2.24) is 4.98 Å². The molecule has 6 heteroatoms. The van der Waals surface area contributed by atoms with Crippen LogP contribution < -0.4 is 14.8 Å². The van der Waals surface area contributed by atoms with E-state index < -0.39 is 0 Å². The molecular formula is C18H17FN2O2S. The van der Waals surface area contributed by atoms with E-state index in [0.717, 1.165) is 10.7 Å². The van der Waals surface area contributed by atoms with E-state index in [1.165, 1.54) is 6.07 Å². The van der Waals surface area contributed by atoms with Crippen molar-refractivity contribution in [2.45, 2.75) is 13.2 Å². The summed E-state index contributed by atoms with van der Waals surface area (Å²) in [6.07, 6.45) is 1.76. The van der Waals surface area contributed by atoms with E-state index in [-0.39, 0.29) is 12.4 Å². The number of anilines is 1. The molecule has 0 aliphatic heterocycles. The van der Waals surface area contributed by atoms with E-state index in [0.29, 0.717) is 23.6 Å². The summed E-state index contributed by atoms with van der Waals surface area (Å²) >= 11 is 1.55. The van der Waals surface area contributed by atoms with E-state index in [1.807, 2.05) is 23.6 Å². The highest BCUT2D eigenvalue weighted by atomic mass is 32.1. The minimum Gasteiger partial charge on any atom is -0.493 e. The van der Waals surface area contributed by atoms with Crippen LogP contribution in [0.3, 0.4) is 0 Å². The second kappa shape index (κ2) is 7.79. The van der Waals surface area contributed by atoms with Gasteiger partial charge in [-0.1, -0.05) is 24.3 Å². The molecule has 0 amide bonds. The van der Waals surface area contributed by atoms with Crippen LogP contribution in [0.1, 0.15) is 11.1 Å². The predicted molar refractivity (Wildman–Crippen MR) is 93.2 cm³/mol. The summed E-state index contributed by atoms with van der Waals surface area (Å²) in [5.74, 6) is 0.921. The van der Waals surface area contributed by atoms with Gasteiger partial charge in [0.25, 0.3) is 0 Å². The molecule has 4 nitrogen and oxygen atoms in total. The molecule has 0 aliphatic carbocycles. The summed E-state index contributed by atoms with van der Waals surface area (Å²) in [5.41, 5.74) is 1.55. The quantitative estimate of drug-likeness (QED) is 0.686. The van der Waals surface area contributed by atoms with E-state index in [1.54, 1.807) is 42.8 Å². The van der Waals surface area contributed by atoms with Gasteiger partial charge < -0.3 is 14.8 Å². The number of aromatic nitrogens is 1.